The first kappa shape index (κ1) is 11.8. The SMILES string of the molecule is COc1nc(N)nc2c1nc(C(=O)O)c(=O)n2C. The van der Waals surface area contributed by atoms with Crippen LogP contribution in [0.25, 0.3) is 11.2 Å². The van der Waals surface area contributed by atoms with Crippen LogP contribution in [0.3, 0.4) is 0 Å². The number of carboxylic acids is 1. The first-order valence-corrected chi connectivity index (χ1v) is 4.77. The van der Waals surface area contributed by atoms with Crippen molar-refractivity contribution in [3.63, 3.8) is 0 Å². The lowest BCUT2D eigenvalue weighted by Gasteiger charge is -2.08. The molecule has 0 aliphatic heterocycles. The zero-order valence-electron chi connectivity index (χ0n) is 9.54. The number of nitrogen functional groups attached to an aromatic ring is 1. The maximum atomic E-state index is 11.7. The van der Waals surface area contributed by atoms with E-state index in [1.54, 1.807) is 0 Å². The van der Waals surface area contributed by atoms with E-state index >= 15 is 0 Å². The molecule has 0 radical (unpaired) electrons. The summed E-state index contributed by atoms with van der Waals surface area (Å²) in [7, 11) is 2.69. The van der Waals surface area contributed by atoms with E-state index in [9.17, 15) is 9.59 Å². The number of aromatic carboxylic acids is 1. The lowest BCUT2D eigenvalue weighted by molar-refractivity contribution is 0.0688. The minimum Gasteiger partial charge on any atom is -0.479 e. The van der Waals surface area contributed by atoms with Gasteiger partial charge in [0.2, 0.25) is 17.5 Å². The molecule has 0 saturated carbocycles. The summed E-state index contributed by atoms with van der Waals surface area (Å²) >= 11 is 0. The number of carbonyl (C=O) groups is 1. The van der Waals surface area contributed by atoms with Crippen molar-refractivity contribution in [3.05, 3.63) is 16.0 Å². The second-order valence-electron chi connectivity index (χ2n) is 3.39. The summed E-state index contributed by atoms with van der Waals surface area (Å²) < 4.78 is 5.97. The van der Waals surface area contributed by atoms with Gasteiger partial charge in [-0.05, 0) is 0 Å². The van der Waals surface area contributed by atoms with Crippen molar-refractivity contribution in [3.8, 4) is 5.88 Å². The predicted molar refractivity (Wildman–Crippen MR) is 60.5 cm³/mol. The third kappa shape index (κ3) is 1.61. The molecule has 94 valence electrons. The molecule has 0 fully saturated rings. The van der Waals surface area contributed by atoms with Crippen molar-refractivity contribution in [2.24, 2.45) is 7.05 Å². The van der Waals surface area contributed by atoms with Gasteiger partial charge in [0.1, 0.15) is 0 Å². The summed E-state index contributed by atoms with van der Waals surface area (Å²) in [5.74, 6) is -1.52. The van der Waals surface area contributed by atoms with E-state index in [0.717, 1.165) is 4.57 Å². The number of nitrogens with two attached hydrogens (primary N) is 1. The van der Waals surface area contributed by atoms with E-state index in [-0.39, 0.29) is 23.0 Å². The zero-order chi connectivity index (χ0) is 13.4. The maximum absolute atomic E-state index is 11.7. The van der Waals surface area contributed by atoms with Crippen molar-refractivity contribution in [1.82, 2.24) is 19.5 Å². The standard InChI is InChI=1S/C9H9N5O4/c1-14-5-3(6(18-2)13-9(10)12-5)11-4(7(14)15)8(16)17/h1-2H3,(H,16,17)(H2,10,12,13). The molecule has 2 aromatic rings. The van der Waals surface area contributed by atoms with Gasteiger partial charge in [0, 0.05) is 7.05 Å². The van der Waals surface area contributed by atoms with Crippen molar-refractivity contribution < 1.29 is 14.6 Å². The summed E-state index contributed by atoms with van der Waals surface area (Å²) in [6, 6.07) is 0. The number of rotatable bonds is 2. The number of ether oxygens (including phenoxy) is 1. The van der Waals surface area contributed by atoms with E-state index in [2.05, 4.69) is 15.0 Å². The van der Waals surface area contributed by atoms with Crippen molar-refractivity contribution in [1.29, 1.82) is 0 Å². The van der Waals surface area contributed by atoms with Gasteiger partial charge in [-0.2, -0.15) is 9.97 Å². The fourth-order valence-electron chi connectivity index (χ4n) is 1.47. The van der Waals surface area contributed by atoms with Crippen molar-refractivity contribution in [2.45, 2.75) is 0 Å². The number of carboxylic acid groups (broad SMARTS) is 1. The second kappa shape index (κ2) is 3.95. The average Bonchev–Trinajstić information content (AvgIpc) is 2.32. The Bertz CT molecular complexity index is 708. The molecule has 0 saturated heterocycles. The Morgan fingerprint density at radius 3 is 2.61 bits per heavy atom. The summed E-state index contributed by atoms with van der Waals surface area (Å²) in [4.78, 5) is 33.9. The van der Waals surface area contributed by atoms with Crippen LogP contribution in [0.15, 0.2) is 4.79 Å². The smallest absolute Gasteiger partial charge is 0.360 e. The Morgan fingerprint density at radius 1 is 1.39 bits per heavy atom. The highest BCUT2D eigenvalue weighted by atomic mass is 16.5. The molecule has 9 heteroatoms. The molecule has 0 aliphatic carbocycles. The predicted octanol–water partition coefficient (Wildman–Crippen LogP) is -0.987. The Balaban J connectivity index is 2.99. The quantitative estimate of drug-likeness (QED) is 0.695. The molecule has 0 spiro atoms. The Hall–Kier alpha value is -2.71. The molecular formula is C9H9N5O4. The highest BCUT2D eigenvalue weighted by Gasteiger charge is 2.19. The van der Waals surface area contributed by atoms with Crippen LogP contribution >= 0.6 is 0 Å². The van der Waals surface area contributed by atoms with Gasteiger partial charge in [-0.3, -0.25) is 9.36 Å². The monoisotopic (exact) mass is 251 g/mol. The number of methoxy groups -OCH3 is 1. The van der Waals surface area contributed by atoms with Gasteiger partial charge in [-0.1, -0.05) is 0 Å². The van der Waals surface area contributed by atoms with Crippen LogP contribution in [0.2, 0.25) is 0 Å². The van der Waals surface area contributed by atoms with E-state index in [4.69, 9.17) is 15.6 Å². The van der Waals surface area contributed by atoms with Crippen LogP contribution in [-0.4, -0.2) is 37.7 Å². The van der Waals surface area contributed by atoms with Crippen LogP contribution in [0.1, 0.15) is 10.5 Å². The molecule has 0 aliphatic rings. The van der Waals surface area contributed by atoms with Gasteiger partial charge in [-0.25, -0.2) is 9.78 Å². The highest BCUT2D eigenvalue weighted by Crippen LogP contribution is 2.19. The van der Waals surface area contributed by atoms with Gasteiger partial charge in [0.25, 0.3) is 5.56 Å². The minimum absolute atomic E-state index is 0.00981. The van der Waals surface area contributed by atoms with Crippen LogP contribution in [-0.2, 0) is 7.05 Å². The van der Waals surface area contributed by atoms with Gasteiger partial charge in [-0.15, -0.1) is 0 Å². The molecule has 0 unspecified atom stereocenters. The molecule has 0 atom stereocenters. The minimum atomic E-state index is -1.43. The number of aryl methyl sites for hydroxylation is 1. The lowest BCUT2D eigenvalue weighted by atomic mass is 10.4. The Kier molecular flexibility index (Phi) is 2.58. The van der Waals surface area contributed by atoms with Crippen LogP contribution in [0.4, 0.5) is 5.95 Å². The average molecular weight is 251 g/mol. The number of hydrogen-bond donors (Lipinski definition) is 2. The van der Waals surface area contributed by atoms with E-state index < -0.39 is 17.2 Å². The van der Waals surface area contributed by atoms with Gasteiger partial charge in [0.15, 0.2) is 11.2 Å². The van der Waals surface area contributed by atoms with Crippen molar-refractivity contribution in [2.75, 3.05) is 12.8 Å². The molecule has 3 N–H and O–H groups in total. The van der Waals surface area contributed by atoms with E-state index in [1.165, 1.54) is 14.2 Å². The van der Waals surface area contributed by atoms with Crippen LogP contribution in [0.5, 0.6) is 5.88 Å². The number of anilines is 1. The molecule has 9 nitrogen and oxygen atoms in total. The largest absolute Gasteiger partial charge is 0.479 e. The summed E-state index contributed by atoms with van der Waals surface area (Å²) in [6.07, 6.45) is 0. The number of fused-ring (bicyclic) bond motifs is 1. The fraction of sp³-hybridized carbons (Fsp3) is 0.222. The summed E-state index contributed by atoms with van der Waals surface area (Å²) in [5, 5.41) is 8.89. The maximum Gasteiger partial charge on any atom is 0.360 e. The van der Waals surface area contributed by atoms with Gasteiger partial charge in [0.05, 0.1) is 7.11 Å². The topological polar surface area (TPSA) is 133 Å². The van der Waals surface area contributed by atoms with E-state index in [1.807, 2.05) is 0 Å². The molecule has 2 rings (SSSR count). The van der Waals surface area contributed by atoms with E-state index in [0.29, 0.717) is 0 Å². The number of hydrogen-bond acceptors (Lipinski definition) is 7. The summed E-state index contributed by atoms with van der Waals surface area (Å²) in [6.45, 7) is 0. The molecule has 2 heterocycles. The van der Waals surface area contributed by atoms with Crippen LogP contribution in [0, 0.1) is 0 Å². The third-order valence-corrected chi connectivity index (χ3v) is 2.30. The van der Waals surface area contributed by atoms with Gasteiger partial charge >= 0.3 is 5.97 Å². The zero-order valence-corrected chi connectivity index (χ0v) is 9.54. The normalized spacial score (nSPS) is 10.6. The second-order valence-corrected chi connectivity index (χ2v) is 3.39. The third-order valence-electron chi connectivity index (χ3n) is 2.30. The Morgan fingerprint density at radius 2 is 2.06 bits per heavy atom. The molecule has 2 aromatic heterocycles. The molecule has 0 aromatic carbocycles. The number of aromatic nitrogens is 4. The van der Waals surface area contributed by atoms with Crippen molar-refractivity contribution >= 4 is 23.1 Å². The fourth-order valence-corrected chi connectivity index (χ4v) is 1.47. The first-order chi connectivity index (χ1) is 8.45. The first-order valence-electron chi connectivity index (χ1n) is 4.77. The van der Waals surface area contributed by atoms with Crippen LogP contribution < -0.4 is 16.0 Å². The molecule has 18 heavy (non-hydrogen) atoms. The summed E-state index contributed by atoms with van der Waals surface area (Å²) in [5.41, 5.74) is 4.21. The number of nitrogens with zero attached hydrogens (tertiary/aromatic N) is 4. The molecule has 0 amide bonds. The van der Waals surface area contributed by atoms with Gasteiger partial charge < -0.3 is 15.6 Å². The molecule has 0 bridgehead atoms. The highest BCUT2D eigenvalue weighted by molar-refractivity contribution is 5.88. The lowest BCUT2D eigenvalue weighted by Crippen LogP contribution is -2.27. The Labute approximate surface area is 99.9 Å². The molecular weight excluding hydrogens is 242 g/mol.